The molecule has 0 unspecified atom stereocenters. The molecule has 1 rings (SSSR count). The molecule has 0 fully saturated rings. The molecule has 1 aromatic rings. The highest BCUT2D eigenvalue weighted by Crippen LogP contribution is 2.20. The van der Waals surface area contributed by atoms with E-state index in [1.165, 1.54) is 11.3 Å². The van der Waals surface area contributed by atoms with Crippen LogP contribution in [0.2, 0.25) is 0 Å². The van der Waals surface area contributed by atoms with Crippen molar-refractivity contribution in [3.63, 3.8) is 0 Å². The number of aryl methyl sites for hydroxylation is 2. The van der Waals surface area contributed by atoms with Gasteiger partial charge in [-0.3, -0.25) is 4.79 Å². The highest BCUT2D eigenvalue weighted by atomic mass is 32.1. The van der Waals surface area contributed by atoms with Crippen LogP contribution in [0.4, 0.5) is 0 Å². The molecule has 0 bridgehead atoms. The molecule has 0 spiro atoms. The lowest BCUT2D eigenvalue weighted by molar-refractivity contribution is 0.0696. The molecule has 0 saturated carbocycles. The predicted molar refractivity (Wildman–Crippen MR) is 62.4 cm³/mol. The Bertz CT molecular complexity index is 344. The number of rotatable bonds is 3. The topological polar surface area (TPSA) is 49.3 Å². The van der Waals surface area contributed by atoms with Crippen LogP contribution in [0, 0.1) is 13.8 Å². The minimum absolute atomic E-state index is 0.113. The summed E-state index contributed by atoms with van der Waals surface area (Å²) in [6.45, 7) is 7.57. The number of carbonyl (C=O) groups is 1. The molecule has 84 valence electrons. The van der Waals surface area contributed by atoms with E-state index >= 15 is 0 Å². The maximum atomic E-state index is 11.6. The van der Waals surface area contributed by atoms with Crippen LogP contribution in [0.25, 0.3) is 0 Å². The van der Waals surface area contributed by atoms with E-state index in [0.717, 1.165) is 10.4 Å². The van der Waals surface area contributed by atoms with E-state index in [4.69, 9.17) is 0 Å². The molecule has 2 N–H and O–H groups in total. The van der Waals surface area contributed by atoms with E-state index in [0.29, 0.717) is 4.88 Å². The predicted octanol–water partition coefficient (Wildman–Crippen LogP) is 1.87. The molecule has 3 nitrogen and oxygen atoms in total. The SMILES string of the molecule is Cc1cc(C(=O)NCC(C)(C)O)sc1C. The maximum Gasteiger partial charge on any atom is 0.261 e. The molecular formula is C11H17NO2S. The second kappa shape index (κ2) is 4.33. The third-order valence-corrected chi connectivity index (χ3v) is 3.22. The summed E-state index contributed by atoms with van der Waals surface area (Å²) in [6.07, 6.45) is 0. The summed E-state index contributed by atoms with van der Waals surface area (Å²) in [6, 6.07) is 1.87. The standard InChI is InChI=1S/C11H17NO2S/c1-7-5-9(15-8(7)2)10(13)12-6-11(3,4)14/h5,14H,6H2,1-4H3,(H,12,13). The minimum atomic E-state index is -0.864. The second-order valence-electron chi connectivity index (χ2n) is 4.34. The van der Waals surface area contributed by atoms with Crippen LogP contribution < -0.4 is 5.32 Å². The van der Waals surface area contributed by atoms with Crippen molar-refractivity contribution < 1.29 is 9.90 Å². The average Bonchev–Trinajstić information content (AvgIpc) is 2.42. The Morgan fingerprint density at radius 3 is 2.53 bits per heavy atom. The van der Waals surface area contributed by atoms with E-state index in [2.05, 4.69) is 5.32 Å². The first kappa shape index (κ1) is 12.2. The normalized spacial score (nSPS) is 11.5. The number of amides is 1. The highest BCUT2D eigenvalue weighted by Gasteiger charge is 2.16. The molecule has 1 aromatic heterocycles. The smallest absolute Gasteiger partial charge is 0.261 e. The first-order valence-corrected chi connectivity index (χ1v) is 5.69. The molecule has 0 radical (unpaired) electrons. The van der Waals surface area contributed by atoms with Gasteiger partial charge >= 0.3 is 0 Å². The molecule has 0 atom stereocenters. The van der Waals surface area contributed by atoms with E-state index < -0.39 is 5.60 Å². The van der Waals surface area contributed by atoms with Gasteiger partial charge in [0.1, 0.15) is 0 Å². The van der Waals surface area contributed by atoms with E-state index in [1.807, 2.05) is 19.9 Å². The number of aliphatic hydroxyl groups is 1. The first-order valence-electron chi connectivity index (χ1n) is 4.87. The van der Waals surface area contributed by atoms with Crippen LogP contribution >= 0.6 is 11.3 Å². The van der Waals surface area contributed by atoms with Crippen LogP contribution in [0.15, 0.2) is 6.07 Å². The molecule has 0 saturated heterocycles. The summed E-state index contributed by atoms with van der Waals surface area (Å²) in [4.78, 5) is 13.5. The van der Waals surface area contributed by atoms with E-state index in [9.17, 15) is 9.90 Å². The van der Waals surface area contributed by atoms with Gasteiger partial charge in [-0.25, -0.2) is 0 Å². The summed E-state index contributed by atoms with van der Waals surface area (Å²) in [5.74, 6) is -0.113. The Balaban J connectivity index is 2.62. The van der Waals surface area contributed by atoms with Crippen LogP contribution in [-0.2, 0) is 0 Å². The molecular weight excluding hydrogens is 210 g/mol. The molecule has 0 aliphatic carbocycles. The lowest BCUT2D eigenvalue weighted by atomic mass is 10.1. The fraction of sp³-hybridized carbons (Fsp3) is 0.545. The number of hydrogen-bond acceptors (Lipinski definition) is 3. The zero-order chi connectivity index (χ0) is 11.6. The van der Waals surface area contributed by atoms with Gasteiger partial charge in [0.25, 0.3) is 5.91 Å². The third kappa shape index (κ3) is 3.64. The van der Waals surface area contributed by atoms with Crippen molar-refractivity contribution in [3.05, 3.63) is 21.4 Å². The molecule has 15 heavy (non-hydrogen) atoms. The summed E-state index contributed by atoms with van der Waals surface area (Å²) in [5, 5.41) is 12.2. The lowest BCUT2D eigenvalue weighted by Crippen LogP contribution is -2.37. The van der Waals surface area contributed by atoms with E-state index in [-0.39, 0.29) is 12.5 Å². The number of hydrogen-bond donors (Lipinski definition) is 2. The first-order chi connectivity index (χ1) is 6.79. The Hall–Kier alpha value is -0.870. The van der Waals surface area contributed by atoms with Gasteiger partial charge in [0.2, 0.25) is 0 Å². The van der Waals surface area contributed by atoms with Gasteiger partial charge in [0.05, 0.1) is 10.5 Å². The summed E-state index contributed by atoms with van der Waals surface area (Å²) < 4.78 is 0. The van der Waals surface area contributed by atoms with Gasteiger partial charge < -0.3 is 10.4 Å². The van der Waals surface area contributed by atoms with Gasteiger partial charge in [-0.1, -0.05) is 0 Å². The molecule has 0 aliphatic rings. The van der Waals surface area contributed by atoms with Gasteiger partial charge in [0.15, 0.2) is 0 Å². The fourth-order valence-electron chi connectivity index (χ4n) is 1.07. The Labute approximate surface area is 94.1 Å². The lowest BCUT2D eigenvalue weighted by Gasteiger charge is -2.17. The van der Waals surface area contributed by atoms with Gasteiger partial charge in [-0.15, -0.1) is 11.3 Å². The van der Waals surface area contributed by atoms with Crippen molar-refractivity contribution in [2.24, 2.45) is 0 Å². The number of nitrogens with one attached hydrogen (secondary N) is 1. The molecule has 4 heteroatoms. The summed E-state index contributed by atoms with van der Waals surface area (Å²) in [7, 11) is 0. The molecule has 1 heterocycles. The van der Waals surface area contributed by atoms with Crippen molar-refractivity contribution in [3.8, 4) is 0 Å². The second-order valence-corrected chi connectivity index (χ2v) is 5.60. The molecule has 1 amide bonds. The zero-order valence-corrected chi connectivity index (χ0v) is 10.4. The number of carbonyl (C=O) groups excluding carboxylic acids is 1. The minimum Gasteiger partial charge on any atom is -0.389 e. The quantitative estimate of drug-likeness (QED) is 0.828. The Morgan fingerprint density at radius 2 is 2.13 bits per heavy atom. The van der Waals surface area contributed by atoms with Crippen LogP contribution in [0.3, 0.4) is 0 Å². The van der Waals surface area contributed by atoms with Crippen molar-refractivity contribution >= 4 is 17.2 Å². The van der Waals surface area contributed by atoms with Gasteiger partial charge in [-0.05, 0) is 39.3 Å². The van der Waals surface area contributed by atoms with Gasteiger partial charge in [0, 0.05) is 11.4 Å². The molecule has 0 aromatic carbocycles. The van der Waals surface area contributed by atoms with Crippen LogP contribution in [-0.4, -0.2) is 23.2 Å². The largest absolute Gasteiger partial charge is 0.389 e. The van der Waals surface area contributed by atoms with Crippen molar-refractivity contribution in [1.29, 1.82) is 0 Å². The highest BCUT2D eigenvalue weighted by molar-refractivity contribution is 7.14. The maximum absolute atomic E-state index is 11.6. The molecule has 0 aliphatic heterocycles. The van der Waals surface area contributed by atoms with Crippen LogP contribution in [0.1, 0.15) is 34.0 Å². The Kier molecular flexibility index (Phi) is 3.52. The Morgan fingerprint density at radius 1 is 1.53 bits per heavy atom. The van der Waals surface area contributed by atoms with Crippen molar-refractivity contribution in [2.45, 2.75) is 33.3 Å². The number of thiophene rings is 1. The van der Waals surface area contributed by atoms with E-state index in [1.54, 1.807) is 13.8 Å². The summed E-state index contributed by atoms with van der Waals surface area (Å²) >= 11 is 1.48. The fourth-order valence-corrected chi connectivity index (χ4v) is 2.02. The zero-order valence-electron chi connectivity index (χ0n) is 9.55. The monoisotopic (exact) mass is 227 g/mol. The van der Waals surface area contributed by atoms with Gasteiger partial charge in [-0.2, -0.15) is 0 Å². The van der Waals surface area contributed by atoms with Crippen molar-refractivity contribution in [2.75, 3.05) is 6.54 Å². The van der Waals surface area contributed by atoms with Crippen molar-refractivity contribution in [1.82, 2.24) is 5.32 Å². The average molecular weight is 227 g/mol. The summed E-state index contributed by atoms with van der Waals surface area (Å²) in [5.41, 5.74) is 0.269. The third-order valence-electron chi connectivity index (χ3n) is 2.07. The van der Waals surface area contributed by atoms with Crippen LogP contribution in [0.5, 0.6) is 0 Å².